The molecule has 0 spiro atoms. The molecule has 206 valence electrons. The van der Waals surface area contributed by atoms with Gasteiger partial charge in [-0.2, -0.15) is 0 Å². The van der Waals surface area contributed by atoms with Gasteiger partial charge in [-0.25, -0.2) is 15.0 Å². The van der Waals surface area contributed by atoms with Crippen molar-refractivity contribution in [2.75, 3.05) is 0 Å². The summed E-state index contributed by atoms with van der Waals surface area (Å²) in [5.74, 6) is 1.89. The SMILES string of the molecule is c1ccc(-c2nc(-c3ccc4c(c3)sc3ccccc34)nc(-c3ccc(-c4ccccc4)c4oc5ccccc5c34)n2)cc1. The molecule has 5 heteroatoms. The maximum atomic E-state index is 6.54. The van der Waals surface area contributed by atoms with E-state index in [-0.39, 0.29) is 0 Å². The molecule has 0 amide bonds. The Labute approximate surface area is 256 Å². The molecule has 44 heavy (non-hydrogen) atoms. The lowest BCUT2D eigenvalue weighted by atomic mass is 9.98. The zero-order chi connectivity index (χ0) is 29.0. The lowest BCUT2D eigenvalue weighted by Crippen LogP contribution is -2.00. The molecule has 0 atom stereocenters. The average Bonchev–Trinajstić information content (AvgIpc) is 3.67. The first-order valence-electron chi connectivity index (χ1n) is 14.5. The Hall–Kier alpha value is -5.65. The number of benzene rings is 6. The van der Waals surface area contributed by atoms with Gasteiger partial charge in [0.2, 0.25) is 0 Å². The Morgan fingerprint density at radius 2 is 1.05 bits per heavy atom. The standard InChI is InChI=1S/C39H23N3OS/c1-3-11-24(12-4-1)27-21-22-31(35-30-16-7-9-17-32(30)43-36(27)35)39-41-37(25-13-5-2-6-14-25)40-38(42-39)26-19-20-29-28-15-8-10-18-33(28)44-34(29)23-26/h1-23H. The maximum absolute atomic E-state index is 6.54. The first-order valence-corrected chi connectivity index (χ1v) is 15.3. The number of hydrogen-bond donors (Lipinski definition) is 0. The van der Waals surface area contributed by atoms with Gasteiger partial charge in [0.05, 0.1) is 0 Å². The topological polar surface area (TPSA) is 51.8 Å². The number of para-hydroxylation sites is 1. The molecule has 4 nitrogen and oxygen atoms in total. The molecule has 3 heterocycles. The van der Waals surface area contributed by atoms with Gasteiger partial charge in [0.15, 0.2) is 17.5 Å². The van der Waals surface area contributed by atoms with Crippen LogP contribution in [0.25, 0.3) is 87.4 Å². The van der Waals surface area contributed by atoms with Crippen LogP contribution in [0.2, 0.25) is 0 Å². The average molecular weight is 582 g/mol. The minimum Gasteiger partial charge on any atom is -0.455 e. The van der Waals surface area contributed by atoms with E-state index in [0.29, 0.717) is 17.5 Å². The molecule has 0 fully saturated rings. The monoisotopic (exact) mass is 581 g/mol. The third-order valence-corrected chi connectivity index (χ3v) is 9.29. The largest absolute Gasteiger partial charge is 0.455 e. The lowest BCUT2D eigenvalue weighted by Gasteiger charge is -2.11. The van der Waals surface area contributed by atoms with E-state index in [9.17, 15) is 0 Å². The number of nitrogens with zero attached hydrogens (tertiary/aromatic N) is 3. The number of furan rings is 1. The van der Waals surface area contributed by atoms with Crippen LogP contribution in [0, 0.1) is 0 Å². The van der Waals surface area contributed by atoms with E-state index in [4.69, 9.17) is 19.4 Å². The van der Waals surface area contributed by atoms with Gasteiger partial charge in [-0.15, -0.1) is 11.3 Å². The third kappa shape index (κ3) is 4.02. The van der Waals surface area contributed by atoms with Gasteiger partial charge >= 0.3 is 0 Å². The second-order valence-electron chi connectivity index (χ2n) is 10.8. The number of hydrogen-bond acceptors (Lipinski definition) is 5. The van der Waals surface area contributed by atoms with Gasteiger partial charge in [-0.3, -0.25) is 0 Å². The first kappa shape index (κ1) is 24.9. The van der Waals surface area contributed by atoms with Crippen LogP contribution in [0.1, 0.15) is 0 Å². The predicted octanol–water partition coefficient (Wildman–Crippen LogP) is 10.8. The van der Waals surface area contributed by atoms with Gasteiger partial charge in [0, 0.05) is 53.2 Å². The van der Waals surface area contributed by atoms with Crippen LogP contribution in [0.4, 0.5) is 0 Å². The number of thiophene rings is 1. The molecule has 9 rings (SSSR count). The minimum absolute atomic E-state index is 0.612. The molecule has 0 aliphatic rings. The van der Waals surface area contributed by atoms with Crippen molar-refractivity contribution in [3.05, 3.63) is 140 Å². The summed E-state index contributed by atoms with van der Waals surface area (Å²) in [4.78, 5) is 15.2. The molecular weight excluding hydrogens is 559 g/mol. The van der Waals surface area contributed by atoms with Gasteiger partial charge < -0.3 is 4.42 Å². The lowest BCUT2D eigenvalue weighted by molar-refractivity contribution is 0.670. The van der Waals surface area contributed by atoms with Crippen LogP contribution >= 0.6 is 11.3 Å². The summed E-state index contributed by atoms with van der Waals surface area (Å²) in [5, 5.41) is 4.55. The van der Waals surface area contributed by atoms with Gasteiger partial charge in [0.1, 0.15) is 11.2 Å². The second kappa shape index (κ2) is 9.97. The highest BCUT2D eigenvalue weighted by Gasteiger charge is 2.20. The van der Waals surface area contributed by atoms with Crippen molar-refractivity contribution in [1.29, 1.82) is 0 Å². The zero-order valence-electron chi connectivity index (χ0n) is 23.4. The van der Waals surface area contributed by atoms with Crippen molar-refractivity contribution in [2.24, 2.45) is 0 Å². The van der Waals surface area contributed by atoms with Crippen LogP contribution < -0.4 is 0 Å². The Kier molecular flexibility index (Phi) is 5.64. The molecule has 0 radical (unpaired) electrons. The molecule has 0 bridgehead atoms. The summed E-state index contributed by atoms with van der Waals surface area (Å²) in [6.45, 7) is 0. The highest BCUT2D eigenvalue weighted by molar-refractivity contribution is 7.25. The van der Waals surface area contributed by atoms with Crippen LogP contribution in [-0.2, 0) is 0 Å². The van der Waals surface area contributed by atoms with E-state index < -0.39 is 0 Å². The van der Waals surface area contributed by atoms with E-state index in [1.807, 2.05) is 54.6 Å². The van der Waals surface area contributed by atoms with Crippen molar-refractivity contribution >= 4 is 53.4 Å². The molecule has 3 aromatic heterocycles. The Bertz CT molecular complexity index is 2500. The number of fused-ring (bicyclic) bond motifs is 6. The smallest absolute Gasteiger partial charge is 0.164 e. The van der Waals surface area contributed by atoms with Crippen LogP contribution in [0.15, 0.2) is 144 Å². The fourth-order valence-corrected chi connectivity index (χ4v) is 7.21. The van der Waals surface area contributed by atoms with Crippen molar-refractivity contribution in [1.82, 2.24) is 15.0 Å². The molecule has 0 aliphatic heterocycles. The molecule has 6 aromatic carbocycles. The fraction of sp³-hybridized carbons (Fsp3) is 0. The van der Waals surface area contributed by atoms with E-state index in [1.54, 1.807) is 11.3 Å². The Morgan fingerprint density at radius 1 is 0.432 bits per heavy atom. The zero-order valence-corrected chi connectivity index (χ0v) is 24.3. The third-order valence-electron chi connectivity index (χ3n) is 8.16. The van der Waals surface area contributed by atoms with E-state index >= 15 is 0 Å². The summed E-state index contributed by atoms with van der Waals surface area (Å²) in [7, 11) is 0. The summed E-state index contributed by atoms with van der Waals surface area (Å²) in [6.07, 6.45) is 0. The molecule has 9 aromatic rings. The van der Waals surface area contributed by atoms with E-state index in [2.05, 4.69) is 84.9 Å². The van der Waals surface area contributed by atoms with Crippen molar-refractivity contribution in [2.45, 2.75) is 0 Å². The Balaban J connectivity index is 1.31. The van der Waals surface area contributed by atoms with Crippen LogP contribution in [0.3, 0.4) is 0 Å². The van der Waals surface area contributed by atoms with Crippen molar-refractivity contribution in [3.63, 3.8) is 0 Å². The normalized spacial score (nSPS) is 11.6. The van der Waals surface area contributed by atoms with Crippen molar-refractivity contribution in [3.8, 4) is 45.3 Å². The minimum atomic E-state index is 0.612. The van der Waals surface area contributed by atoms with Gasteiger partial charge in [0.25, 0.3) is 0 Å². The summed E-state index contributed by atoms with van der Waals surface area (Å²) < 4.78 is 9.02. The van der Waals surface area contributed by atoms with Gasteiger partial charge in [-0.05, 0) is 35.9 Å². The molecule has 0 N–H and O–H groups in total. The van der Waals surface area contributed by atoms with Crippen molar-refractivity contribution < 1.29 is 4.42 Å². The number of aromatic nitrogens is 3. The summed E-state index contributed by atoms with van der Waals surface area (Å²) in [6, 6.07) is 47.9. The first-order chi connectivity index (χ1) is 21.8. The highest BCUT2D eigenvalue weighted by atomic mass is 32.1. The molecule has 0 unspecified atom stereocenters. The molecule has 0 saturated carbocycles. The Morgan fingerprint density at radius 3 is 1.86 bits per heavy atom. The molecule has 0 aliphatic carbocycles. The van der Waals surface area contributed by atoms with Crippen LogP contribution in [-0.4, -0.2) is 15.0 Å². The molecule has 0 saturated heterocycles. The molecular formula is C39H23N3OS. The highest BCUT2D eigenvalue weighted by Crippen LogP contribution is 2.42. The maximum Gasteiger partial charge on any atom is 0.164 e. The summed E-state index contributed by atoms with van der Waals surface area (Å²) in [5.41, 5.74) is 6.60. The predicted molar refractivity (Wildman–Crippen MR) is 182 cm³/mol. The van der Waals surface area contributed by atoms with E-state index in [1.165, 1.54) is 20.2 Å². The fourth-order valence-electron chi connectivity index (χ4n) is 6.07. The second-order valence-corrected chi connectivity index (χ2v) is 11.9. The van der Waals surface area contributed by atoms with Gasteiger partial charge in [-0.1, -0.05) is 109 Å². The quantitative estimate of drug-likeness (QED) is 0.207. The van der Waals surface area contributed by atoms with E-state index in [0.717, 1.165) is 49.8 Å². The summed E-state index contributed by atoms with van der Waals surface area (Å²) >= 11 is 1.79. The van der Waals surface area contributed by atoms with Crippen LogP contribution in [0.5, 0.6) is 0 Å². The number of rotatable bonds is 4.